The van der Waals surface area contributed by atoms with Gasteiger partial charge in [0.15, 0.2) is 0 Å². The summed E-state index contributed by atoms with van der Waals surface area (Å²) in [5.41, 5.74) is -1.21. The Morgan fingerprint density at radius 1 is 1.07 bits per heavy atom. The van der Waals surface area contributed by atoms with Gasteiger partial charge in [0.05, 0.1) is 30.5 Å². The Hall–Kier alpha value is -2.04. The molecule has 5 saturated carbocycles. The van der Waals surface area contributed by atoms with Crippen LogP contribution in [0.5, 0.6) is 0 Å². The molecule has 42 heavy (non-hydrogen) atoms. The molecule has 1 spiro atoms. The number of nitrogens with zero attached hydrogens (tertiary/aromatic N) is 1. The molecule has 1 aromatic carbocycles. The molecule has 0 amide bonds. The minimum Gasteiger partial charge on any atom is -0.458 e. The Kier molecular flexibility index (Phi) is 6.83. The highest BCUT2D eigenvalue weighted by molar-refractivity contribution is 5.89. The van der Waals surface area contributed by atoms with E-state index in [0.717, 1.165) is 25.9 Å². The summed E-state index contributed by atoms with van der Waals surface area (Å²) in [6, 6.07) is 9.02. The molecule has 13 atom stereocenters. The number of piperidine rings is 1. The molecule has 1 aliphatic heterocycles. The van der Waals surface area contributed by atoms with E-state index in [2.05, 4.69) is 11.8 Å². The number of carbonyl (C=O) groups is 2. The van der Waals surface area contributed by atoms with Crippen molar-refractivity contribution in [3.05, 3.63) is 35.9 Å². The monoisotopic (exact) mass is 583 g/mol. The molecule has 1 aromatic rings. The summed E-state index contributed by atoms with van der Waals surface area (Å²) >= 11 is 0. The van der Waals surface area contributed by atoms with Crippen molar-refractivity contribution in [2.75, 3.05) is 41.0 Å². The van der Waals surface area contributed by atoms with Gasteiger partial charge in [0.2, 0.25) is 0 Å². The van der Waals surface area contributed by atoms with Crippen LogP contribution in [-0.4, -0.2) is 99.0 Å². The zero-order valence-corrected chi connectivity index (χ0v) is 25.4. The summed E-state index contributed by atoms with van der Waals surface area (Å²) in [6.45, 7) is 5.90. The molecule has 9 nitrogen and oxygen atoms in total. The molecule has 230 valence electrons. The average molecular weight is 584 g/mol. The van der Waals surface area contributed by atoms with Crippen LogP contribution in [0, 0.1) is 40.4 Å². The van der Waals surface area contributed by atoms with Crippen molar-refractivity contribution < 1.29 is 38.4 Å². The number of aliphatic hydroxyl groups is 1. The third-order valence-electron chi connectivity index (χ3n) is 12.6. The van der Waals surface area contributed by atoms with Gasteiger partial charge in [0, 0.05) is 81.8 Å². The summed E-state index contributed by atoms with van der Waals surface area (Å²) in [5.74, 6) is -1.34. The first-order chi connectivity index (χ1) is 20.2. The minimum absolute atomic E-state index is 0.0183. The van der Waals surface area contributed by atoms with Crippen molar-refractivity contribution in [1.29, 1.82) is 0 Å². The Morgan fingerprint density at radius 2 is 1.83 bits per heavy atom. The van der Waals surface area contributed by atoms with Crippen molar-refractivity contribution in [2.24, 2.45) is 40.4 Å². The molecule has 1 saturated heterocycles. The molecular formula is C33H45NO8. The number of hydrogen-bond acceptors (Lipinski definition) is 9. The SMILES string of the molecule is CCN1C[C@]2(COC)CC[C@H](O)[C@@]34[C@@H]5C[C@H]6[C@H](OC(=O)c7ccccc7)[C@@H]5[C@](OC(C)=O)(C[C@@H]6OC)[C@@H]([C@H](OC)[C@H]23)[C@H]14. The van der Waals surface area contributed by atoms with Crippen LogP contribution in [0.4, 0.5) is 0 Å². The lowest BCUT2D eigenvalue weighted by Gasteiger charge is -2.69. The van der Waals surface area contributed by atoms with E-state index in [0.29, 0.717) is 25.0 Å². The van der Waals surface area contributed by atoms with Gasteiger partial charge in [-0.2, -0.15) is 0 Å². The van der Waals surface area contributed by atoms with Gasteiger partial charge in [0.1, 0.15) is 11.7 Å². The van der Waals surface area contributed by atoms with Crippen LogP contribution in [0.15, 0.2) is 30.3 Å². The van der Waals surface area contributed by atoms with Gasteiger partial charge in [-0.3, -0.25) is 9.69 Å². The van der Waals surface area contributed by atoms with Gasteiger partial charge in [-0.15, -0.1) is 0 Å². The smallest absolute Gasteiger partial charge is 0.338 e. The number of ether oxygens (including phenoxy) is 5. The van der Waals surface area contributed by atoms with Crippen LogP contribution in [0.2, 0.25) is 0 Å². The maximum absolute atomic E-state index is 13.6. The van der Waals surface area contributed by atoms with Gasteiger partial charge >= 0.3 is 11.9 Å². The fourth-order valence-corrected chi connectivity index (χ4v) is 12.0. The summed E-state index contributed by atoms with van der Waals surface area (Å²) in [7, 11) is 5.23. The Morgan fingerprint density at radius 3 is 2.48 bits per heavy atom. The first kappa shape index (κ1) is 28.7. The summed E-state index contributed by atoms with van der Waals surface area (Å²) in [4.78, 5) is 29.2. The van der Waals surface area contributed by atoms with Gasteiger partial charge in [-0.05, 0) is 43.9 Å². The molecule has 5 aliphatic carbocycles. The fourth-order valence-electron chi connectivity index (χ4n) is 12.0. The van der Waals surface area contributed by atoms with Crippen molar-refractivity contribution in [3.8, 4) is 0 Å². The van der Waals surface area contributed by atoms with E-state index in [9.17, 15) is 14.7 Å². The number of likely N-dealkylation sites (tertiary alicyclic amines) is 1. The van der Waals surface area contributed by atoms with E-state index in [1.807, 2.05) is 18.2 Å². The van der Waals surface area contributed by atoms with E-state index < -0.39 is 23.2 Å². The van der Waals surface area contributed by atoms with Crippen LogP contribution in [0.1, 0.15) is 49.9 Å². The topological polar surface area (TPSA) is 104 Å². The third kappa shape index (κ3) is 3.43. The first-order valence-electron chi connectivity index (χ1n) is 15.7. The zero-order chi connectivity index (χ0) is 29.6. The molecule has 6 aliphatic rings. The maximum atomic E-state index is 13.6. The molecule has 6 fully saturated rings. The molecule has 1 heterocycles. The van der Waals surface area contributed by atoms with Gasteiger partial charge in [-0.25, -0.2) is 4.79 Å². The summed E-state index contributed by atoms with van der Waals surface area (Å²) in [5, 5.41) is 12.3. The molecule has 7 bridgehead atoms. The molecule has 0 radical (unpaired) electrons. The lowest BCUT2D eigenvalue weighted by atomic mass is 9.43. The van der Waals surface area contributed by atoms with Crippen LogP contribution in [0.25, 0.3) is 0 Å². The predicted molar refractivity (Wildman–Crippen MR) is 151 cm³/mol. The predicted octanol–water partition coefficient (Wildman–Crippen LogP) is 2.94. The normalized spacial score (nSPS) is 48.1. The molecule has 9 heteroatoms. The van der Waals surface area contributed by atoms with E-state index >= 15 is 0 Å². The molecular weight excluding hydrogens is 538 g/mol. The Labute approximate surface area is 248 Å². The van der Waals surface area contributed by atoms with E-state index in [1.54, 1.807) is 33.5 Å². The maximum Gasteiger partial charge on any atom is 0.338 e. The number of methoxy groups -OCH3 is 3. The van der Waals surface area contributed by atoms with Gasteiger partial charge in [-0.1, -0.05) is 25.1 Å². The number of esters is 2. The van der Waals surface area contributed by atoms with Crippen LogP contribution >= 0.6 is 0 Å². The standard InChI is InChI=1S/C33H45NO8/c1-6-34-16-31(17-38-3)13-12-23(36)33-21-14-20-22(39-4)15-32(42-18(2)35,25(29(33)34)27(40-5)28(31)33)24(21)26(20)41-30(37)19-10-8-7-9-11-19/h7-11,20-29,36H,6,12-17H2,1-5H3/t20-,21-,22+,23+,24-,25+,26+,27+,28-,29+,31+,32-,33+/m1/s1. The van der Waals surface area contributed by atoms with E-state index in [4.69, 9.17) is 23.7 Å². The second-order valence-electron chi connectivity index (χ2n) is 13.9. The Bertz CT molecular complexity index is 1230. The number of hydrogen-bond donors (Lipinski definition) is 1. The van der Waals surface area contributed by atoms with Gasteiger partial charge < -0.3 is 28.8 Å². The van der Waals surface area contributed by atoms with Gasteiger partial charge in [0.25, 0.3) is 0 Å². The minimum atomic E-state index is -0.976. The van der Waals surface area contributed by atoms with E-state index in [1.165, 1.54) is 6.92 Å². The van der Waals surface area contributed by atoms with Crippen molar-refractivity contribution in [3.63, 3.8) is 0 Å². The highest BCUT2D eigenvalue weighted by atomic mass is 16.6. The quantitative estimate of drug-likeness (QED) is 0.463. The van der Waals surface area contributed by atoms with Crippen molar-refractivity contribution in [1.82, 2.24) is 4.90 Å². The highest BCUT2D eigenvalue weighted by Gasteiger charge is 2.87. The third-order valence-corrected chi connectivity index (χ3v) is 12.6. The molecule has 7 rings (SSSR count). The average Bonchev–Trinajstić information content (AvgIpc) is 3.41. The first-order valence-corrected chi connectivity index (χ1v) is 15.7. The summed E-state index contributed by atoms with van der Waals surface area (Å²) < 4.78 is 31.8. The fraction of sp³-hybridized carbons (Fsp3) is 0.758. The lowest BCUT2D eigenvalue weighted by molar-refractivity contribution is -0.276. The van der Waals surface area contributed by atoms with Crippen LogP contribution in [0.3, 0.4) is 0 Å². The number of rotatable bonds is 8. The molecule has 1 N–H and O–H groups in total. The van der Waals surface area contributed by atoms with E-state index in [-0.39, 0.29) is 65.2 Å². The summed E-state index contributed by atoms with van der Waals surface area (Å²) in [6.07, 6.45) is 1.17. The largest absolute Gasteiger partial charge is 0.458 e. The second-order valence-corrected chi connectivity index (χ2v) is 13.9. The van der Waals surface area contributed by atoms with Crippen LogP contribution in [-0.2, 0) is 28.5 Å². The number of aliphatic hydroxyl groups excluding tert-OH is 1. The van der Waals surface area contributed by atoms with Crippen LogP contribution < -0.4 is 0 Å². The highest BCUT2D eigenvalue weighted by Crippen LogP contribution is 2.80. The molecule has 0 unspecified atom stereocenters. The second kappa shape index (κ2) is 9.99. The number of benzene rings is 1. The van der Waals surface area contributed by atoms with Crippen molar-refractivity contribution >= 4 is 11.9 Å². The lowest BCUT2D eigenvalue weighted by Crippen LogP contribution is -2.76. The van der Waals surface area contributed by atoms with Crippen molar-refractivity contribution in [2.45, 2.75) is 75.6 Å². The molecule has 0 aromatic heterocycles. The zero-order valence-electron chi connectivity index (χ0n) is 25.4. The number of carbonyl (C=O) groups excluding carboxylic acids is 2. The number of fused-ring (bicyclic) bond motifs is 2. The Balaban J connectivity index is 1.45.